The Morgan fingerprint density at radius 1 is 1.00 bits per heavy atom. The molecule has 1 aliphatic heterocycles. The van der Waals surface area contributed by atoms with E-state index in [2.05, 4.69) is 10.3 Å². The zero-order valence-corrected chi connectivity index (χ0v) is 19.7. The quantitative estimate of drug-likeness (QED) is 0.504. The molecule has 1 amide bonds. The molecule has 0 unspecified atom stereocenters. The van der Waals surface area contributed by atoms with E-state index in [-0.39, 0.29) is 5.91 Å². The van der Waals surface area contributed by atoms with Crippen LogP contribution in [-0.4, -0.2) is 55.7 Å². The second-order valence-corrected chi connectivity index (χ2v) is 8.06. The van der Waals surface area contributed by atoms with Crippen molar-refractivity contribution in [3.8, 4) is 11.5 Å². The van der Waals surface area contributed by atoms with E-state index in [9.17, 15) is 9.59 Å². The highest BCUT2D eigenvalue weighted by molar-refractivity contribution is 6.02. The summed E-state index contributed by atoms with van der Waals surface area (Å²) in [7, 11) is 3.13. The number of likely N-dealkylation sites (tertiary alicyclic amines) is 1. The molecule has 1 aromatic heterocycles. The number of carbonyl (C=O) groups excluding carboxylic acids is 2. The van der Waals surface area contributed by atoms with E-state index in [1.807, 2.05) is 17.0 Å². The Bertz CT molecular complexity index is 1200. The molecule has 1 saturated heterocycles. The Morgan fingerprint density at radius 3 is 2.44 bits per heavy atom. The van der Waals surface area contributed by atoms with Gasteiger partial charge in [-0.2, -0.15) is 0 Å². The summed E-state index contributed by atoms with van der Waals surface area (Å²) in [6.07, 6.45) is 3.13. The number of pyridine rings is 1. The number of carbonyl (C=O) groups is 2. The van der Waals surface area contributed by atoms with Gasteiger partial charge in [-0.15, -0.1) is 0 Å². The zero-order chi connectivity index (χ0) is 24.1. The van der Waals surface area contributed by atoms with Crippen LogP contribution in [0.1, 0.15) is 47.0 Å². The number of methoxy groups -OCH3 is 2. The smallest absolute Gasteiger partial charge is 0.338 e. The predicted molar refractivity (Wildman–Crippen MR) is 130 cm³/mol. The van der Waals surface area contributed by atoms with Crippen molar-refractivity contribution in [1.82, 2.24) is 9.88 Å². The minimum atomic E-state index is -0.391. The Morgan fingerprint density at radius 2 is 1.74 bits per heavy atom. The average molecular weight is 464 g/mol. The minimum absolute atomic E-state index is 0.0975. The average Bonchev–Trinajstić information content (AvgIpc) is 2.88. The maximum atomic E-state index is 13.3. The van der Waals surface area contributed by atoms with Gasteiger partial charge in [-0.05, 0) is 56.5 Å². The number of piperidine rings is 1. The van der Waals surface area contributed by atoms with Gasteiger partial charge < -0.3 is 24.4 Å². The van der Waals surface area contributed by atoms with Gasteiger partial charge in [-0.3, -0.25) is 4.79 Å². The van der Waals surface area contributed by atoms with Crippen molar-refractivity contribution >= 4 is 34.2 Å². The van der Waals surface area contributed by atoms with E-state index >= 15 is 0 Å². The number of anilines is 2. The molecule has 1 N–H and O–H groups in total. The van der Waals surface area contributed by atoms with Gasteiger partial charge >= 0.3 is 5.97 Å². The summed E-state index contributed by atoms with van der Waals surface area (Å²) in [4.78, 5) is 32.0. The molecule has 0 bridgehead atoms. The molecule has 1 fully saturated rings. The van der Waals surface area contributed by atoms with Gasteiger partial charge in [0.15, 0.2) is 11.5 Å². The number of fused-ring (bicyclic) bond motifs is 1. The summed E-state index contributed by atoms with van der Waals surface area (Å²) < 4.78 is 16.1. The summed E-state index contributed by atoms with van der Waals surface area (Å²) in [6, 6.07) is 12.4. The van der Waals surface area contributed by atoms with Crippen molar-refractivity contribution in [3.05, 3.63) is 53.7 Å². The van der Waals surface area contributed by atoms with Crippen molar-refractivity contribution in [2.75, 3.05) is 39.2 Å². The van der Waals surface area contributed by atoms with Gasteiger partial charge in [0.25, 0.3) is 5.91 Å². The second kappa shape index (κ2) is 10.4. The lowest BCUT2D eigenvalue weighted by Crippen LogP contribution is -2.36. The fraction of sp³-hybridized carbons (Fsp3) is 0.346. The van der Waals surface area contributed by atoms with Crippen LogP contribution in [0.25, 0.3) is 10.9 Å². The number of aromatic nitrogens is 1. The van der Waals surface area contributed by atoms with Crippen molar-refractivity contribution in [2.45, 2.75) is 26.2 Å². The van der Waals surface area contributed by atoms with E-state index in [4.69, 9.17) is 14.2 Å². The predicted octanol–water partition coefficient (Wildman–Crippen LogP) is 4.80. The molecule has 0 aliphatic carbocycles. The van der Waals surface area contributed by atoms with Crippen LogP contribution in [-0.2, 0) is 4.74 Å². The van der Waals surface area contributed by atoms with E-state index in [1.54, 1.807) is 51.5 Å². The van der Waals surface area contributed by atoms with Gasteiger partial charge in [-0.25, -0.2) is 9.78 Å². The standard InChI is InChI=1S/C26H29N3O5/c1-4-34-26(31)17-9-8-10-18(13-17)27-20-15-22(25(30)29-11-6-5-7-12-29)28-21-16-24(33-3)23(32-2)14-19(20)21/h8-10,13-16H,4-7,11-12H2,1-3H3,(H,27,28). The summed E-state index contributed by atoms with van der Waals surface area (Å²) in [5.74, 6) is 0.591. The molecule has 0 atom stereocenters. The fourth-order valence-corrected chi connectivity index (χ4v) is 4.12. The molecule has 1 aliphatic rings. The molecule has 0 radical (unpaired) electrons. The van der Waals surface area contributed by atoms with Crippen molar-refractivity contribution in [3.63, 3.8) is 0 Å². The third kappa shape index (κ3) is 4.90. The van der Waals surface area contributed by atoms with Crippen LogP contribution < -0.4 is 14.8 Å². The Kier molecular flexibility index (Phi) is 7.15. The van der Waals surface area contributed by atoms with Crippen molar-refractivity contribution in [1.29, 1.82) is 0 Å². The molecule has 0 saturated carbocycles. The van der Waals surface area contributed by atoms with Gasteiger partial charge in [0, 0.05) is 30.2 Å². The van der Waals surface area contributed by atoms with Crippen LogP contribution >= 0.6 is 0 Å². The molecule has 8 heteroatoms. The minimum Gasteiger partial charge on any atom is -0.493 e. The van der Waals surface area contributed by atoms with Crippen LogP contribution in [0, 0.1) is 0 Å². The number of benzene rings is 2. The number of amides is 1. The van der Waals surface area contributed by atoms with E-state index < -0.39 is 5.97 Å². The molecular formula is C26H29N3O5. The highest BCUT2D eigenvalue weighted by atomic mass is 16.5. The number of ether oxygens (including phenoxy) is 3. The van der Waals surface area contributed by atoms with Gasteiger partial charge in [0.05, 0.1) is 37.6 Å². The molecular weight excluding hydrogens is 434 g/mol. The molecule has 8 nitrogen and oxygen atoms in total. The molecule has 4 rings (SSSR count). The van der Waals surface area contributed by atoms with Crippen LogP contribution in [0.5, 0.6) is 11.5 Å². The summed E-state index contributed by atoms with van der Waals surface area (Å²) in [6.45, 7) is 3.53. The third-order valence-electron chi connectivity index (χ3n) is 5.83. The largest absolute Gasteiger partial charge is 0.493 e. The Labute approximate surface area is 198 Å². The number of nitrogens with zero attached hydrogens (tertiary/aromatic N) is 2. The van der Waals surface area contributed by atoms with Crippen molar-refractivity contribution in [2.24, 2.45) is 0 Å². The summed E-state index contributed by atoms with van der Waals surface area (Å²) in [5.41, 5.74) is 2.75. The van der Waals surface area contributed by atoms with E-state index in [0.717, 1.165) is 37.7 Å². The zero-order valence-electron chi connectivity index (χ0n) is 19.7. The van der Waals surface area contributed by atoms with Crippen LogP contribution in [0.3, 0.4) is 0 Å². The maximum Gasteiger partial charge on any atom is 0.338 e. The first-order valence-electron chi connectivity index (χ1n) is 11.4. The lowest BCUT2D eigenvalue weighted by atomic mass is 10.1. The number of nitrogens with one attached hydrogen (secondary N) is 1. The summed E-state index contributed by atoms with van der Waals surface area (Å²) in [5, 5.41) is 4.12. The molecule has 3 aromatic rings. The molecule has 2 aromatic carbocycles. The first-order valence-corrected chi connectivity index (χ1v) is 11.4. The lowest BCUT2D eigenvalue weighted by Gasteiger charge is -2.26. The van der Waals surface area contributed by atoms with Gasteiger partial charge in [0.1, 0.15) is 5.69 Å². The topological polar surface area (TPSA) is 90.0 Å². The first kappa shape index (κ1) is 23.4. The molecule has 34 heavy (non-hydrogen) atoms. The normalized spacial score (nSPS) is 13.4. The SMILES string of the molecule is CCOC(=O)c1cccc(Nc2cc(C(=O)N3CCCCC3)nc3cc(OC)c(OC)cc23)c1. The molecule has 2 heterocycles. The summed E-state index contributed by atoms with van der Waals surface area (Å²) >= 11 is 0. The van der Waals surface area contributed by atoms with E-state index in [1.165, 1.54) is 0 Å². The van der Waals surface area contributed by atoms with Crippen LogP contribution in [0.2, 0.25) is 0 Å². The van der Waals surface area contributed by atoms with Gasteiger partial charge in [0.2, 0.25) is 0 Å². The highest BCUT2D eigenvalue weighted by Crippen LogP contribution is 2.36. The number of rotatable bonds is 7. The number of esters is 1. The second-order valence-electron chi connectivity index (χ2n) is 8.06. The van der Waals surface area contributed by atoms with Gasteiger partial charge in [-0.1, -0.05) is 6.07 Å². The Hall–Kier alpha value is -3.81. The first-order chi connectivity index (χ1) is 16.5. The third-order valence-corrected chi connectivity index (χ3v) is 5.83. The van der Waals surface area contributed by atoms with E-state index in [0.29, 0.717) is 46.3 Å². The van der Waals surface area contributed by atoms with Crippen LogP contribution in [0.4, 0.5) is 11.4 Å². The monoisotopic (exact) mass is 463 g/mol. The Balaban J connectivity index is 1.79. The number of hydrogen-bond donors (Lipinski definition) is 1. The van der Waals surface area contributed by atoms with Crippen molar-refractivity contribution < 1.29 is 23.8 Å². The fourth-order valence-electron chi connectivity index (χ4n) is 4.12. The number of hydrogen-bond acceptors (Lipinski definition) is 7. The lowest BCUT2D eigenvalue weighted by molar-refractivity contribution is 0.0526. The molecule has 178 valence electrons. The molecule has 0 spiro atoms. The van der Waals surface area contributed by atoms with Crippen LogP contribution in [0.15, 0.2) is 42.5 Å². The highest BCUT2D eigenvalue weighted by Gasteiger charge is 2.22. The maximum absolute atomic E-state index is 13.3.